The zero-order valence-electron chi connectivity index (χ0n) is 20.2. The Morgan fingerprint density at radius 1 is 0.946 bits per heavy atom. The molecule has 9 nitrogen and oxygen atoms in total. The van der Waals surface area contributed by atoms with Gasteiger partial charge >= 0.3 is 6.03 Å². The third kappa shape index (κ3) is 6.80. The summed E-state index contributed by atoms with van der Waals surface area (Å²) >= 11 is 0. The van der Waals surface area contributed by atoms with Crippen molar-refractivity contribution in [3.8, 4) is 22.8 Å². The summed E-state index contributed by atoms with van der Waals surface area (Å²) in [5.74, 6) is 1.71. The van der Waals surface area contributed by atoms with Gasteiger partial charge in [-0.3, -0.25) is 5.32 Å². The Morgan fingerprint density at radius 3 is 2.62 bits per heavy atom. The highest BCUT2D eigenvalue weighted by Gasteiger charge is 2.32. The van der Waals surface area contributed by atoms with Crippen LogP contribution in [0.2, 0.25) is 0 Å². The van der Waals surface area contributed by atoms with Gasteiger partial charge in [-0.1, -0.05) is 42.5 Å². The Bertz CT molecular complexity index is 1280. The summed E-state index contributed by atoms with van der Waals surface area (Å²) < 4.78 is 17.4. The molecule has 3 heterocycles. The van der Waals surface area contributed by atoms with E-state index in [4.69, 9.17) is 14.2 Å². The van der Waals surface area contributed by atoms with Crippen LogP contribution in [0.15, 0.2) is 91.3 Å². The zero-order chi connectivity index (χ0) is 25.3. The highest BCUT2D eigenvalue weighted by atomic mass is 16.5. The van der Waals surface area contributed by atoms with Crippen LogP contribution in [0, 0.1) is 0 Å². The average Bonchev–Trinajstić information content (AvgIpc) is 2.92. The fraction of sp³-hybridized carbons (Fsp3) is 0.214. The molecule has 2 amide bonds. The topological polar surface area (TPSA) is 98.7 Å². The van der Waals surface area contributed by atoms with Crippen LogP contribution in [-0.2, 0) is 11.3 Å². The van der Waals surface area contributed by atoms with Gasteiger partial charge in [-0.25, -0.2) is 9.78 Å². The van der Waals surface area contributed by atoms with Crippen LogP contribution in [0.5, 0.6) is 11.6 Å². The van der Waals surface area contributed by atoms with Gasteiger partial charge in [0, 0.05) is 24.0 Å². The van der Waals surface area contributed by atoms with E-state index in [-0.39, 0.29) is 12.1 Å². The molecule has 0 bridgehead atoms. The maximum atomic E-state index is 12.2. The molecule has 1 aliphatic heterocycles. The third-order valence-electron chi connectivity index (χ3n) is 5.74. The van der Waals surface area contributed by atoms with E-state index in [1.807, 2.05) is 66.7 Å². The van der Waals surface area contributed by atoms with Crippen LogP contribution in [0.25, 0.3) is 11.1 Å². The Morgan fingerprint density at radius 2 is 1.84 bits per heavy atom. The number of hydrogen-bond acceptors (Lipinski definition) is 7. The van der Waals surface area contributed by atoms with Gasteiger partial charge in [0.15, 0.2) is 5.82 Å². The SMILES string of the molecule is O=C(Nc1cccnn1)N1CC(Oc2ccc(-c3cccc(OCCOCc4ccccc4)c3)cn2)C1. The number of rotatable bonds is 10. The molecule has 188 valence electrons. The van der Waals surface area contributed by atoms with Gasteiger partial charge in [0.25, 0.3) is 0 Å². The first-order chi connectivity index (χ1) is 18.2. The summed E-state index contributed by atoms with van der Waals surface area (Å²) in [4.78, 5) is 18.3. The van der Waals surface area contributed by atoms with E-state index < -0.39 is 0 Å². The quantitative estimate of drug-likeness (QED) is 0.324. The number of anilines is 1. The second kappa shape index (κ2) is 12.0. The smallest absolute Gasteiger partial charge is 0.323 e. The Kier molecular flexibility index (Phi) is 7.82. The summed E-state index contributed by atoms with van der Waals surface area (Å²) in [6.07, 6.45) is 3.22. The van der Waals surface area contributed by atoms with Crippen LogP contribution < -0.4 is 14.8 Å². The molecule has 1 aliphatic rings. The summed E-state index contributed by atoms with van der Waals surface area (Å²) in [6, 6.07) is 24.9. The van der Waals surface area contributed by atoms with E-state index >= 15 is 0 Å². The van der Waals surface area contributed by atoms with E-state index in [2.05, 4.69) is 20.5 Å². The number of ether oxygens (including phenoxy) is 3. The standard InChI is InChI=1S/C28H27N5O4/c34-28(31-26-10-5-13-30-32-26)33-18-25(19-33)37-27-12-11-23(17-29-27)22-8-4-9-24(16-22)36-15-14-35-20-21-6-2-1-3-7-21/h1-13,16-17,25H,14-15,18-20H2,(H,31,32,34). The number of aromatic nitrogens is 3. The van der Waals surface area contributed by atoms with E-state index in [1.54, 1.807) is 29.4 Å². The van der Waals surface area contributed by atoms with Crippen LogP contribution in [-0.4, -0.2) is 58.5 Å². The van der Waals surface area contributed by atoms with E-state index in [1.165, 1.54) is 0 Å². The lowest BCUT2D eigenvalue weighted by atomic mass is 10.1. The number of hydrogen-bond donors (Lipinski definition) is 1. The Balaban J connectivity index is 1.05. The zero-order valence-corrected chi connectivity index (χ0v) is 20.2. The molecule has 1 N–H and O–H groups in total. The number of amides is 2. The average molecular weight is 498 g/mol. The van der Waals surface area contributed by atoms with Gasteiger partial charge in [-0.05, 0) is 41.5 Å². The Labute approximate surface area is 215 Å². The fourth-order valence-electron chi connectivity index (χ4n) is 3.77. The highest BCUT2D eigenvalue weighted by molar-refractivity contribution is 5.88. The van der Waals surface area contributed by atoms with Crippen molar-refractivity contribution < 1.29 is 19.0 Å². The second-order valence-electron chi connectivity index (χ2n) is 8.48. The van der Waals surface area contributed by atoms with Gasteiger partial charge in [0.05, 0.1) is 26.3 Å². The van der Waals surface area contributed by atoms with Crippen molar-refractivity contribution in [3.63, 3.8) is 0 Å². The first-order valence-electron chi connectivity index (χ1n) is 12.0. The molecule has 0 spiro atoms. The van der Waals surface area contributed by atoms with Crippen LogP contribution >= 0.6 is 0 Å². The molecule has 4 aromatic rings. The molecule has 0 aliphatic carbocycles. The molecule has 0 saturated carbocycles. The summed E-state index contributed by atoms with van der Waals surface area (Å²) in [5.41, 5.74) is 3.09. The molecular formula is C28H27N5O4. The molecule has 5 rings (SSSR count). The van der Waals surface area contributed by atoms with Crippen molar-refractivity contribution >= 4 is 11.8 Å². The van der Waals surface area contributed by atoms with Gasteiger partial charge < -0.3 is 19.1 Å². The minimum absolute atomic E-state index is 0.105. The number of urea groups is 1. The lowest BCUT2D eigenvalue weighted by Gasteiger charge is -2.38. The maximum absolute atomic E-state index is 12.2. The van der Waals surface area contributed by atoms with E-state index in [0.717, 1.165) is 22.4 Å². The van der Waals surface area contributed by atoms with Crippen molar-refractivity contribution in [2.45, 2.75) is 12.7 Å². The minimum Gasteiger partial charge on any atom is -0.491 e. The highest BCUT2D eigenvalue weighted by Crippen LogP contribution is 2.25. The number of nitrogens with one attached hydrogen (secondary N) is 1. The monoisotopic (exact) mass is 497 g/mol. The molecule has 0 atom stereocenters. The van der Waals surface area contributed by atoms with Gasteiger partial charge in [-0.2, -0.15) is 5.10 Å². The Hall–Kier alpha value is -4.50. The molecule has 0 unspecified atom stereocenters. The number of benzene rings is 2. The molecule has 9 heteroatoms. The summed E-state index contributed by atoms with van der Waals surface area (Å²) in [7, 11) is 0. The predicted molar refractivity (Wildman–Crippen MR) is 138 cm³/mol. The van der Waals surface area contributed by atoms with Gasteiger partial charge in [0.1, 0.15) is 18.5 Å². The van der Waals surface area contributed by atoms with Gasteiger partial charge in [-0.15, -0.1) is 5.10 Å². The molecule has 2 aromatic heterocycles. The molecule has 1 saturated heterocycles. The lowest BCUT2D eigenvalue weighted by Crippen LogP contribution is -2.57. The molecule has 0 radical (unpaired) electrons. The summed E-state index contributed by atoms with van der Waals surface area (Å²) in [6.45, 7) is 2.50. The molecular weight excluding hydrogens is 470 g/mol. The predicted octanol–water partition coefficient (Wildman–Crippen LogP) is 4.43. The second-order valence-corrected chi connectivity index (χ2v) is 8.48. The fourth-order valence-corrected chi connectivity index (χ4v) is 3.77. The molecule has 2 aromatic carbocycles. The maximum Gasteiger partial charge on any atom is 0.323 e. The van der Waals surface area contributed by atoms with Crippen molar-refractivity contribution in [1.82, 2.24) is 20.1 Å². The molecule has 1 fully saturated rings. The lowest BCUT2D eigenvalue weighted by molar-refractivity contribution is 0.0461. The third-order valence-corrected chi connectivity index (χ3v) is 5.74. The number of carbonyl (C=O) groups excluding carboxylic acids is 1. The first-order valence-corrected chi connectivity index (χ1v) is 12.0. The number of nitrogens with zero attached hydrogens (tertiary/aromatic N) is 4. The van der Waals surface area contributed by atoms with E-state index in [0.29, 0.717) is 44.6 Å². The largest absolute Gasteiger partial charge is 0.491 e. The number of carbonyl (C=O) groups is 1. The van der Waals surface area contributed by atoms with Crippen molar-refractivity contribution in [1.29, 1.82) is 0 Å². The summed E-state index contributed by atoms with van der Waals surface area (Å²) in [5, 5.41) is 10.3. The first kappa shape index (κ1) is 24.2. The minimum atomic E-state index is -0.228. The van der Waals surface area contributed by atoms with Crippen LogP contribution in [0.4, 0.5) is 10.6 Å². The van der Waals surface area contributed by atoms with Crippen molar-refractivity contribution in [2.24, 2.45) is 0 Å². The molecule has 37 heavy (non-hydrogen) atoms. The number of likely N-dealkylation sites (tertiary alicyclic amines) is 1. The van der Waals surface area contributed by atoms with Crippen molar-refractivity contribution in [3.05, 3.63) is 96.8 Å². The normalized spacial score (nSPS) is 13.0. The number of pyridine rings is 1. The van der Waals surface area contributed by atoms with E-state index in [9.17, 15) is 4.79 Å². The van der Waals surface area contributed by atoms with Crippen LogP contribution in [0.3, 0.4) is 0 Å². The van der Waals surface area contributed by atoms with Gasteiger partial charge in [0.2, 0.25) is 5.88 Å². The van der Waals surface area contributed by atoms with Crippen LogP contribution in [0.1, 0.15) is 5.56 Å². The van der Waals surface area contributed by atoms with Crippen molar-refractivity contribution in [2.75, 3.05) is 31.6 Å².